The normalized spacial score (nSPS) is 11.5. The van der Waals surface area contributed by atoms with Crippen LogP contribution < -0.4 is 10.6 Å². The fraction of sp³-hybridized carbons (Fsp3) is 0.625. The third-order valence-corrected chi connectivity index (χ3v) is 1.62. The summed E-state index contributed by atoms with van der Waals surface area (Å²) in [5.41, 5.74) is 0. The van der Waals surface area contributed by atoms with Crippen LogP contribution in [0.5, 0.6) is 0 Å². The van der Waals surface area contributed by atoms with Gasteiger partial charge in [-0.3, -0.25) is 9.59 Å². The molecule has 0 aliphatic carbocycles. The van der Waals surface area contributed by atoms with Crippen LogP contribution in [0.4, 0.5) is 0 Å². The Morgan fingerprint density at radius 3 is 2.57 bits per heavy atom. The van der Waals surface area contributed by atoms with Gasteiger partial charge in [0.1, 0.15) is 6.04 Å². The molecule has 0 spiro atoms. The molecule has 0 rings (SSSR count). The Labute approximate surface area is 81.7 Å². The molecule has 6 nitrogen and oxygen atoms in total. The summed E-state index contributed by atoms with van der Waals surface area (Å²) in [6, 6.07) is -0.935. The van der Waals surface area contributed by atoms with E-state index in [1.807, 2.05) is 0 Å². The molecule has 1 atom stereocenters. The zero-order valence-corrected chi connectivity index (χ0v) is 7.95. The van der Waals surface area contributed by atoms with Crippen LogP contribution in [0.25, 0.3) is 0 Å². The van der Waals surface area contributed by atoms with Gasteiger partial charge in [-0.2, -0.15) is 0 Å². The fourth-order valence-electron chi connectivity index (χ4n) is 0.840. The van der Waals surface area contributed by atoms with E-state index in [1.54, 1.807) is 6.92 Å². The second kappa shape index (κ2) is 6.88. The molecule has 80 valence electrons. The maximum Gasteiger partial charge on any atom is 0.326 e. The van der Waals surface area contributed by atoms with E-state index < -0.39 is 12.0 Å². The highest BCUT2D eigenvalue weighted by molar-refractivity contribution is 5.83. The number of aliphatic carboxylic acids is 1. The summed E-state index contributed by atoms with van der Waals surface area (Å²) in [6.07, 6.45) is 0.908. The van der Waals surface area contributed by atoms with Crippen molar-refractivity contribution in [3.05, 3.63) is 0 Å². The molecular weight excluding hydrogens is 188 g/mol. The molecule has 1 unspecified atom stereocenters. The first kappa shape index (κ1) is 12.4. The third kappa shape index (κ3) is 5.13. The van der Waals surface area contributed by atoms with Gasteiger partial charge in [0.25, 0.3) is 0 Å². The number of nitrogens with one attached hydrogen (secondary N) is 2. The van der Waals surface area contributed by atoms with Crippen LogP contribution in [0.2, 0.25) is 0 Å². The largest absolute Gasteiger partial charge is 0.480 e. The minimum Gasteiger partial charge on any atom is -0.480 e. The van der Waals surface area contributed by atoms with Crippen molar-refractivity contribution in [2.75, 3.05) is 6.54 Å². The molecule has 0 heterocycles. The molecule has 0 saturated heterocycles. The van der Waals surface area contributed by atoms with Crippen molar-refractivity contribution in [1.82, 2.24) is 10.6 Å². The lowest BCUT2D eigenvalue weighted by atomic mass is 10.2. The Kier molecular flexibility index (Phi) is 6.09. The molecule has 3 N–H and O–H groups in total. The fourth-order valence-corrected chi connectivity index (χ4v) is 0.840. The Morgan fingerprint density at radius 2 is 2.14 bits per heavy atom. The summed E-state index contributed by atoms with van der Waals surface area (Å²) in [5.74, 6) is -1.41. The van der Waals surface area contributed by atoms with Crippen LogP contribution in [0.15, 0.2) is 0 Å². The first-order valence-corrected chi connectivity index (χ1v) is 4.31. The van der Waals surface area contributed by atoms with Crippen molar-refractivity contribution in [3.8, 4) is 0 Å². The monoisotopic (exact) mass is 202 g/mol. The van der Waals surface area contributed by atoms with Crippen LogP contribution in [0.1, 0.15) is 19.8 Å². The van der Waals surface area contributed by atoms with Crippen molar-refractivity contribution in [1.29, 1.82) is 0 Å². The average molecular weight is 202 g/mol. The van der Waals surface area contributed by atoms with Gasteiger partial charge >= 0.3 is 5.97 Å². The molecule has 0 aromatic rings. The van der Waals surface area contributed by atoms with Gasteiger partial charge in [0, 0.05) is 13.0 Å². The maximum absolute atomic E-state index is 10.9. The minimum absolute atomic E-state index is 0.180. The summed E-state index contributed by atoms with van der Waals surface area (Å²) >= 11 is 0. The van der Waals surface area contributed by atoms with E-state index in [-0.39, 0.29) is 25.3 Å². The van der Waals surface area contributed by atoms with Crippen LogP contribution in [-0.4, -0.2) is 36.0 Å². The number of rotatable bonds is 7. The Morgan fingerprint density at radius 1 is 1.50 bits per heavy atom. The lowest BCUT2D eigenvalue weighted by Gasteiger charge is -2.13. The Bertz CT molecular complexity index is 217. The standard InChI is InChI=1S/C8H14N2O4/c1-2-7(12)10-6(8(13)14)3-4-9-5-11/h5-6H,2-4H2,1H3,(H,9,11)(H,10,12)(H,13,14). The lowest BCUT2D eigenvalue weighted by molar-refractivity contribution is -0.142. The molecule has 0 radical (unpaired) electrons. The Hall–Kier alpha value is -1.59. The molecule has 0 aliphatic rings. The second-order valence-corrected chi connectivity index (χ2v) is 2.67. The first-order chi connectivity index (χ1) is 6.61. The highest BCUT2D eigenvalue weighted by Gasteiger charge is 2.18. The first-order valence-electron chi connectivity index (χ1n) is 4.31. The molecule has 6 heteroatoms. The van der Waals surface area contributed by atoms with E-state index >= 15 is 0 Å². The predicted octanol–water partition coefficient (Wildman–Crippen LogP) is -0.898. The number of hydrogen-bond donors (Lipinski definition) is 3. The van der Waals surface area contributed by atoms with Gasteiger partial charge in [-0.15, -0.1) is 0 Å². The molecule has 0 aliphatic heterocycles. The average Bonchev–Trinajstić information content (AvgIpc) is 2.16. The van der Waals surface area contributed by atoms with E-state index in [4.69, 9.17) is 5.11 Å². The number of carboxylic acid groups (broad SMARTS) is 1. The zero-order valence-electron chi connectivity index (χ0n) is 7.95. The van der Waals surface area contributed by atoms with Crippen LogP contribution >= 0.6 is 0 Å². The SMILES string of the molecule is CCC(=O)NC(CCNC=O)C(=O)O. The number of carbonyl (C=O) groups excluding carboxylic acids is 2. The maximum atomic E-state index is 10.9. The molecular formula is C8H14N2O4. The summed E-state index contributed by atoms with van der Waals surface area (Å²) in [5, 5.41) is 13.3. The van der Waals surface area contributed by atoms with Gasteiger partial charge in [0.15, 0.2) is 0 Å². The van der Waals surface area contributed by atoms with Crippen molar-refractivity contribution < 1.29 is 19.5 Å². The lowest BCUT2D eigenvalue weighted by Crippen LogP contribution is -2.42. The summed E-state index contributed by atoms with van der Waals surface area (Å²) in [7, 11) is 0. The van der Waals surface area contributed by atoms with E-state index in [9.17, 15) is 14.4 Å². The van der Waals surface area contributed by atoms with E-state index in [0.717, 1.165) is 0 Å². The summed E-state index contributed by atoms with van der Waals surface area (Å²) in [4.78, 5) is 31.4. The molecule has 0 bridgehead atoms. The number of carbonyl (C=O) groups is 3. The second-order valence-electron chi connectivity index (χ2n) is 2.67. The van der Waals surface area contributed by atoms with E-state index in [2.05, 4.69) is 10.6 Å². The summed E-state index contributed by atoms with van der Waals surface area (Å²) < 4.78 is 0. The highest BCUT2D eigenvalue weighted by Crippen LogP contribution is 1.92. The van der Waals surface area contributed by atoms with Gasteiger partial charge < -0.3 is 15.7 Å². The van der Waals surface area contributed by atoms with Crippen molar-refractivity contribution >= 4 is 18.3 Å². The summed E-state index contributed by atoms with van der Waals surface area (Å²) in [6.45, 7) is 1.86. The molecule has 0 fully saturated rings. The molecule has 2 amide bonds. The number of carboxylic acids is 1. The number of amides is 2. The van der Waals surface area contributed by atoms with Gasteiger partial charge in [0.2, 0.25) is 12.3 Å². The zero-order chi connectivity index (χ0) is 11.0. The van der Waals surface area contributed by atoms with Crippen LogP contribution in [-0.2, 0) is 14.4 Å². The molecule has 14 heavy (non-hydrogen) atoms. The quantitative estimate of drug-likeness (QED) is 0.368. The molecule has 0 aromatic heterocycles. The molecule has 0 aromatic carbocycles. The smallest absolute Gasteiger partial charge is 0.326 e. The van der Waals surface area contributed by atoms with E-state index in [0.29, 0.717) is 6.41 Å². The van der Waals surface area contributed by atoms with Crippen molar-refractivity contribution in [3.63, 3.8) is 0 Å². The van der Waals surface area contributed by atoms with Crippen molar-refractivity contribution in [2.24, 2.45) is 0 Å². The van der Waals surface area contributed by atoms with E-state index in [1.165, 1.54) is 0 Å². The number of hydrogen-bond acceptors (Lipinski definition) is 3. The van der Waals surface area contributed by atoms with Crippen molar-refractivity contribution in [2.45, 2.75) is 25.8 Å². The third-order valence-electron chi connectivity index (χ3n) is 1.62. The van der Waals surface area contributed by atoms with Gasteiger partial charge in [-0.05, 0) is 6.42 Å². The Balaban J connectivity index is 3.95. The van der Waals surface area contributed by atoms with Crippen LogP contribution in [0.3, 0.4) is 0 Å². The topological polar surface area (TPSA) is 95.5 Å². The molecule has 0 saturated carbocycles. The minimum atomic E-state index is -1.10. The van der Waals surface area contributed by atoms with Gasteiger partial charge in [-0.25, -0.2) is 4.79 Å². The van der Waals surface area contributed by atoms with Gasteiger partial charge in [0.05, 0.1) is 0 Å². The van der Waals surface area contributed by atoms with Gasteiger partial charge in [-0.1, -0.05) is 6.92 Å². The highest BCUT2D eigenvalue weighted by atomic mass is 16.4. The van der Waals surface area contributed by atoms with Crippen LogP contribution in [0, 0.1) is 0 Å². The predicted molar refractivity (Wildman–Crippen MR) is 48.5 cm³/mol.